The topological polar surface area (TPSA) is 316 Å². The molecular formula is C36H36O19. The zero-order chi connectivity index (χ0) is 39.7. The number of phenolic OH excluding ortho intramolecular Hbond substituents is 4. The van der Waals surface area contributed by atoms with Crippen molar-refractivity contribution in [2.45, 2.75) is 61.4 Å². The van der Waals surface area contributed by atoms with Gasteiger partial charge in [-0.3, -0.25) is 4.79 Å². The minimum atomic E-state index is -1.97. The summed E-state index contributed by atoms with van der Waals surface area (Å²) in [5.41, 5.74) is -1.14. The summed E-state index contributed by atoms with van der Waals surface area (Å²) < 4.78 is 33.6. The van der Waals surface area contributed by atoms with E-state index in [0.717, 1.165) is 30.3 Å². The third-order valence-corrected chi connectivity index (χ3v) is 8.85. The zero-order valence-electron chi connectivity index (χ0n) is 28.2. The molecule has 294 valence electrons. The quantitative estimate of drug-likeness (QED) is 0.0673. The van der Waals surface area contributed by atoms with Crippen LogP contribution in [0.15, 0.2) is 69.9 Å². The van der Waals surface area contributed by atoms with Crippen LogP contribution in [0.3, 0.4) is 0 Å². The number of carbonyl (C=O) groups excluding carboxylic acids is 1. The lowest BCUT2D eigenvalue weighted by atomic mass is 9.99. The van der Waals surface area contributed by atoms with E-state index in [1.807, 2.05) is 0 Å². The maximum absolute atomic E-state index is 14.0. The highest BCUT2D eigenvalue weighted by molar-refractivity contribution is 5.89. The Bertz CT molecular complexity index is 2100. The van der Waals surface area contributed by atoms with Gasteiger partial charge in [0.2, 0.25) is 23.8 Å². The first-order chi connectivity index (χ1) is 26.2. The van der Waals surface area contributed by atoms with E-state index in [-0.39, 0.29) is 22.6 Å². The monoisotopic (exact) mass is 772 g/mol. The summed E-state index contributed by atoms with van der Waals surface area (Å²) >= 11 is 0. The Labute approximate surface area is 308 Å². The van der Waals surface area contributed by atoms with Crippen LogP contribution < -0.4 is 14.9 Å². The van der Waals surface area contributed by atoms with Gasteiger partial charge in [-0.2, -0.15) is 0 Å². The van der Waals surface area contributed by atoms with Gasteiger partial charge in [0.1, 0.15) is 70.9 Å². The number of benzene rings is 3. The molecule has 3 aromatic carbocycles. The van der Waals surface area contributed by atoms with Crippen LogP contribution in [0.5, 0.6) is 34.5 Å². The van der Waals surface area contributed by atoms with Crippen LogP contribution >= 0.6 is 0 Å². The molecule has 10 atom stereocenters. The van der Waals surface area contributed by atoms with Crippen LogP contribution in [0.25, 0.3) is 28.4 Å². The van der Waals surface area contributed by atoms with E-state index in [1.54, 1.807) is 0 Å². The van der Waals surface area contributed by atoms with Gasteiger partial charge >= 0.3 is 5.97 Å². The lowest BCUT2D eigenvalue weighted by Crippen LogP contribution is -2.61. The van der Waals surface area contributed by atoms with Gasteiger partial charge in [0.25, 0.3) is 0 Å². The first-order valence-corrected chi connectivity index (χ1v) is 16.5. The molecule has 2 aliphatic heterocycles. The minimum Gasteiger partial charge on any atom is -0.508 e. The predicted octanol–water partition coefficient (Wildman–Crippen LogP) is -1.10. The van der Waals surface area contributed by atoms with Crippen LogP contribution in [-0.4, -0.2) is 137 Å². The molecule has 1 aromatic heterocycles. The molecule has 11 N–H and O–H groups in total. The summed E-state index contributed by atoms with van der Waals surface area (Å²) in [6.45, 7) is -1.62. The standard InChI is InChI=1S/C36H36O19/c37-12-22-26(44)29(47)31(49)35(52-22)51-20-7-4-15(9-18(20)41)32-33(28(46)25-19(42)10-17(40)11-21(25)50-32)55-36-34(30(48)27(45)23(13-38)53-36)54-24(43)8-3-14-1-5-16(39)6-2-14/h1-11,22-23,26-27,29-31,34-42,44-45,47-49H,12-13H2/b8-3+/t22-,23-,26-,27-,29+,30+,31-,34-,35-,36+/m1/s1. The Morgan fingerprint density at radius 2 is 1.36 bits per heavy atom. The third kappa shape index (κ3) is 8.01. The fourth-order valence-corrected chi connectivity index (χ4v) is 5.93. The number of rotatable bonds is 10. The minimum absolute atomic E-state index is 0.0233. The second-order valence-corrected chi connectivity index (χ2v) is 12.6. The Hall–Kier alpha value is -5.48. The van der Waals surface area contributed by atoms with Crippen molar-refractivity contribution >= 4 is 23.0 Å². The maximum atomic E-state index is 14.0. The van der Waals surface area contributed by atoms with Gasteiger partial charge in [-0.15, -0.1) is 0 Å². The van der Waals surface area contributed by atoms with Crippen molar-refractivity contribution in [3.05, 3.63) is 76.5 Å². The van der Waals surface area contributed by atoms with Crippen molar-refractivity contribution < 1.29 is 89.1 Å². The molecule has 2 saturated heterocycles. The smallest absolute Gasteiger partial charge is 0.331 e. The van der Waals surface area contributed by atoms with E-state index in [2.05, 4.69) is 0 Å². The number of hydrogen-bond donors (Lipinski definition) is 11. The molecule has 2 aliphatic rings. The number of aliphatic hydroxyl groups excluding tert-OH is 7. The molecule has 0 bridgehead atoms. The molecule has 0 spiro atoms. The van der Waals surface area contributed by atoms with Crippen molar-refractivity contribution in [1.82, 2.24) is 0 Å². The summed E-state index contributed by atoms with van der Waals surface area (Å²) in [4.78, 5) is 26.9. The summed E-state index contributed by atoms with van der Waals surface area (Å²) in [5.74, 6) is -4.68. The van der Waals surface area contributed by atoms with Gasteiger partial charge in [0.15, 0.2) is 23.4 Å². The number of esters is 1. The van der Waals surface area contributed by atoms with Crippen molar-refractivity contribution in [3.63, 3.8) is 0 Å². The zero-order valence-corrected chi connectivity index (χ0v) is 28.2. The first-order valence-electron chi connectivity index (χ1n) is 16.5. The molecule has 0 saturated carbocycles. The van der Waals surface area contributed by atoms with Crippen LogP contribution in [0.1, 0.15) is 5.56 Å². The number of phenols is 4. The van der Waals surface area contributed by atoms with Crippen molar-refractivity contribution in [2.24, 2.45) is 0 Å². The molecule has 0 amide bonds. The van der Waals surface area contributed by atoms with E-state index < -0.39 is 120 Å². The molecule has 3 heterocycles. The second kappa shape index (κ2) is 16.1. The molecule has 19 heteroatoms. The Morgan fingerprint density at radius 3 is 2.02 bits per heavy atom. The summed E-state index contributed by atoms with van der Waals surface area (Å²) in [6, 6.07) is 10.8. The SMILES string of the molecule is O=C(/C=C/c1ccc(O)cc1)O[C@H]1[C@H](Oc2c(-c3ccc(O[C@@H]4O[C@H](CO)[C@@H](O)[C@H](O)[C@H]4O)c(O)c3)oc3cc(O)cc(O)c3c2=O)O[C@H](CO)[C@@H](O)[C@@H]1O. The van der Waals surface area contributed by atoms with Gasteiger partial charge in [0, 0.05) is 23.8 Å². The number of aliphatic hydroxyl groups is 7. The average Bonchev–Trinajstić information content (AvgIpc) is 3.15. The van der Waals surface area contributed by atoms with Crippen LogP contribution in [0.2, 0.25) is 0 Å². The fraction of sp³-hybridized carbons (Fsp3) is 0.333. The molecule has 55 heavy (non-hydrogen) atoms. The summed E-state index contributed by atoms with van der Waals surface area (Å²) in [7, 11) is 0. The van der Waals surface area contributed by atoms with E-state index in [0.29, 0.717) is 5.56 Å². The normalized spacial score (nSPS) is 28.3. The van der Waals surface area contributed by atoms with Gasteiger partial charge < -0.3 is 84.3 Å². The Kier molecular flexibility index (Phi) is 11.5. The molecule has 19 nitrogen and oxygen atoms in total. The largest absolute Gasteiger partial charge is 0.508 e. The Balaban J connectivity index is 1.37. The number of carbonyl (C=O) groups is 1. The van der Waals surface area contributed by atoms with E-state index in [4.69, 9.17) is 28.1 Å². The molecule has 4 aromatic rings. The highest BCUT2D eigenvalue weighted by atomic mass is 16.7. The molecular weight excluding hydrogens is 736 g/mol. The molecule has 0 radical (unpaired) electrons. The third-order valence-electron chi connectivity index (χ3n) is 8.85. The number of ether oxygens (including phenoxy) is 5. The summed E-state index contributed by atoms with van der Waals surface area (Å²) in [6.07, 6.45) is -15.2. The van der Waals surface area contributed by atoms with Gasteiger partial charge in [-0.25, -0.2) is 4.79 Å². The van der Waals surface area contributed by atoms with Gasteiger partial charge in [0.05, 0.1) is 13.2 Å². The average molecular weight is 773 g/mol. The van der Waals surface area contributed by atoms with E-state index in [9.17, 15) is 65.8 Å². The van der Waals surface area contributed by atoms with Crippen LogP contribution in [-0.2, 0) is 19.0 Å². The van der Waals surface area contributed by atoms with Crippen molar-refractivity contribution in [2.75, 3.05) is 13.2 Å². The number of hydrogen-bond acceptors (Lipinski definition) is 19. The molecule has 0 aliphatic carbocycles. The molecule has 2 fully saturated rings. The first kappa shape index (κ1) is 39.2. The van der Waals surface area contributed by atoms with Crippen LogP contribution in [0, 0.1) is 0 Å². The van der Waals surface area contributed by atoms with Crippen molar-refractivity contribution in [3.8, 4) is 45.8 Å². The number of fused-ring (bicyclic) bond motifs is 1. The lowest BCUT2D eigenvalue weighted by Gasteiger charge is -2.41. The predicted molar refractivity (Wildman–Crippen MR) is 183 cm³/mol. The number of aromatic hydroxyl groups is 4. The second-order valence-electron chi connectivity index (χ2n) is 12.6. The van der Waals surface area contributed by atoms with E-state index in [1.165, 1.54) is 36.4 Å². The van der Waals surface area contributed by atoms with E-state index >= 15 is 0 Å². The summed E-state index contributed by atoms with van der Waals surface area (Å²) in [5, 5.41) is 112. The van der Waals surface area contributed by atoms with Crippen LogP contribution in [0.4, 0.5) is 0 Å². The molecule has 0 unspecified atom stereocenters. The van der Waals surface area contributed by atoms with Gasteiger partial charge in [-0.1, -0.05) is 12.1 Å². The maximum Gasteiger partial charge on any atom is 0.331 e. The fourth-order valence-electron chi connectivity index (χ4n) is 5.93. The lowest BCUT2D eigenvalue weighted by molar-refractivity contribution is -0.281. The highest BCUT2D eigenvalue weighted by Gasteiger charge is 2.49. The Morgan fingerprint density at radius 1 is 0.709 bits per heavy atom. The van der Waals surface area contributed by atoms with Crippen molar-refractivity contribution in [1.29, 1.82) is 0 Å². The molecule has 6 rings (SSSR count). The highest BCUT2D eigenvalue weighted by Crippen LogP contribution is 2.40. The van der Waals surface area contributed by atoms with Gasteiger partial charge in [-0.05, 0) is 42.0 Å².